The zero-order chi connectivity index (χ0) is 18.7. The van der Waals surface area contributed by atoms with E-state index in [0.29, 0.717) is 6.54 Å². The van der Waals surface area contributed by atoms with Crippen LogP contribution in [-0.2, 0) is 11.2 Å². The van der Waals surface area contributed by atoms with Gasteiger partial charge in [-0.3, -0.25) is 4.79 Å². The summed E-state index contributed by atoms with van der Waals surface area (Å²) in [6.45, 7) is 9.61. The Labute approximate surface area is 148 Å². The van der Waals surface area contributed by atoms with Gasteiger partial charge < -0.3 is 10.0 Å². The number of rotatable bonds is 6. The molecule has 136 valence electrons. The Hall–Kier alpha value is -2.21. The standard InChI is InChI=1S/C19H26FN3O2/c1-12(2)22(11-13(3)24)19(25)10-18-14(4)21-23(15(18)5)17-8-6-16(20)7-9-17/h6-9,12-13,24H,10-11H2,1-5H3. The molecule has 1 aromatic heterocycles. The smallest absolute Gasteiger partial charge is 0.227 e. The molecule has 1 aromatic carbocycles. The molecule has 0 spiro atoms. The highest BCUT2D eigenvalue weighted by atomic mass is 19.1. The Bertz CT molecular complexity index is 736. The fourth-order valence-electron chi connectivity index (χ4n) is 2.90. The lowest BCUT2D eigenvalue weighted by Gasteiger charge is -2.28. The summed E-state index contributed by atoms with van der Waals surface area (Å²) in [6, 6.07) is 6.11. The maximum atomic E-state index is 13.1. The third-order valence-corrected chi connectivity index (χ3v) is 4.24. The van der Waals surface area contributed by atoms with Crippen molar-refractivity contribution >= 4 is 5.91 Å². The van der Waals surface area contributed by atoms with Gasteiger partial charge >= 0.3 is 0 Å². The molecule has 0 saturated carbocycles. The van der Waals surface area contributed by atoms with Crippen molar-refractivity contribution in [2.45, 2.75) is 53.2 Å². The van der Waals surface area contributed by atoms with Crippen molar-refractivity contribution in [3.05, 3.63) is 47.0 Å². The molecular formula is C19H26FN3O2. The van der Waals surface area contributed by atoms with Crippen molar-refractivity contribution in [3.63, 3.8) is 0 Å². The van der Waals surface area contributed by atoms with Gasteiger partial charge in [0.15, 0.2) is 0 Å². The molecule has 0 aliphatic heterocycles. The summed E-state index contributed by atoms with van der Waals surface area (Å²) in [7, 11) is 0. The molecule has 5 nitrogen and oxygen atoms in total. The second-order valence-electron chi connectivity index (χ2n) is 6.70. The highest BCUT2D eigenvalue weighted by Gasteiger charge is 2.22. The average molecular weight is 347 g/mol. The normalized spacial score (nSPS) is 12.5. The van der Waals surface area contributed by atoms with E-state index in [9.17, 15) is 14.3 Å². The molecule has 2 aromatic rings. The predicted molar refractivity (Wildman–Crippen MR) is 95.2 cm³/mol. The lowest BCUT2D eigenvalue weighted by atomic mass is 10.1. The average Bonchev–Trinajstić information content (AvgIpc) is 2.81. The van der Waals surface area contributed by atoms with Gasteiger partial charge in [0, 0.05) is 23.8 Å². The third-order valence-electron chi connectivity index (χ3n) is 4.24. The first-order chi connectivity index (χ1) is 11.7. The number of aliphatic hydroxyl groups excluding tert-OH is 1. The number of halogens is 1. The summed E-state index contributed by atoms with van der Waals surface area (Å²) in [5.41, 5.74) is 3.25. The van der Waals surface area contributed by atoms with Gasteiger partial charge in [-0.25, -0.2) is 9.07 Å². The Morgan fingerprint density at radius 1 is 1.24 bits per heavy atom. The van der Waals surface area contributed by atoms with Crippen molar-refractivity contribution in [3.8, 4) is 5.69 Å². The summed E-state index contributed by atoms with van der Waals surface area (Å²) in [6.07, 6.45) is -0.348. The van der Waals surface area contributed by atoms with Crippen molar-refractivity contribution in [1.82, 2.24) is 14.7 Å². The van der Waals surface area contributed by atoms with Gasteiger partial charge in [-0.2, -0.15) is 5.10 Å². The van der Waals surface area contributed by atoms with Gasteiger partial charge in [0.2, 0.25) is 5.91 Å². The van der Waals surface area contributed by atoms with E-state index in [-0.39, 0.29) is 24.2 Å². The molecule has 0 bridgehead atoms. The molecule has 25 heavy (non-hydrogen) atoms. The van der Waals surface area contributed by atoms with E-state index >= 15 is 0 Å². The van der Waals surface area contributed by atoms with Gasteiger partial charge in [-0.15, -0.1) is 0 Å². The second kappa shape index (κ2) is 7.78. The van der Waals surface area contributed by atoms with Gasteiger partial charge in [0.25, 0.3) is 0 Å². The van der Waals surface area contributed by atoms with Crippen LogP contribution in [0.5, 0.6) is 0 Å². The van der Waals surface area contributed by atoms with Gasteiger partial charge in [-0.05, 0) is 58.9 Å². The topological polar surface area (TPSA) is 58.4 Å². The minimum absolute atomic E-state index is 0.00913. The molecule has 2 rings (SSSR count). The number of carbonyl (C=O) groups is 1. The lowest BCUT2D eigenvalue weighted by molar-refractivity contribution is -0.133. The zero-order valence-electron chi connectivity index (χ0n) is 15.5. The van der Waals surface area contributed by atoms with E-state index in [4.69, 9.17) is 0 Å². The number of benzene rings is 1. The van der Waals surface area contributed by atoms with Gasteiger partial charge in [-0.1, -0.05) is 0 Å². The number of carbonyl (C=O) groups excluding carboxylic acids is 1. The lowest BCUT2D eigenvalue weighted by Crippen LogP contribution is -2.42. The van der Waals surface area contributed by atoms with Crippen LogP contribution in [0.4, 0.5) is 4.39 Å². The van der Waals surface area contributed by atoms with Crippen LogP contribution in [0.3, 0.4) is 0 Å². The molecule has 0 saturated heterocycles. The SMILES string of the molecule is Cc1nn(-c2ccc(F)cc2)c(C)c1CC(=O)N(CC(C)O)C(C)C. The first-order valence-corrected chi connectivity index (χ1v) is 8.49. The van der Waals surface area contributed by atoms with Crippen molar-refractivity contribution in [1.29, 1.82) is 0 Å². The molecule has 1 atom stereocenters. The largest absolute Gasteiger partial charge is 0.392 e. The Kier molecular flexibility index (Phi) is 5.95. The van der Waals surface area contributed by atoms with Crippen molar-refractivity contribution in [2.75, 3.05) is 6.54 Å². The van der Waals surface area contributed by atoms with Crippen LogP contribution in [0.2, 0.25) is 0 Å². The van der Waals surface area contributed by atoms with Gasteiger partial charge in [0.1, 0.15) is 5.82 Å². The predicted octanol–water partition coefficient (Wildman–Crippen LogP) is 2.79. The van der Waals surface area contributed by atoms with Crippen molar-refractivity contribution < 1.29 is 14.3 Å². The quantitative estimate of drug-likeness (QED) is 0.874. The number of hydrogen-bond acceptors (Lipinski definition) is 3. The van der Waals surface area contributed by atoms with Crippen LogP contribution in [0.1, 0.15) is 37.7 Å². The molecule has 6 heteroatoms. The van der Waals surface area contributed by atoms with E-state index in [1.54, 1.807) is 28.6 Å². The zero-order valence-corrected chi connectivity index (χ0v) is 15.5. The molecule has 1 unspecified atom stereocenters. The van der Waals surface area contributed by atoms with E-state index in [1.807, 2.05) is 27.7 Å². The monoisotopic (exact) mass is 347 g/mol. The fraction of sp³-hybridized carbons (Fsp3) is 0.474. The molecule has 1 amide bonds. The van der Waals surface area contributed by atoms with E-state index < -0.39 is 6.10 Å². The van der Waals surface area contributed by atoms with Crippen LogP contribution in [0, 0.1) is 19.7 Å². The minimum atomic E-state index is -0.574. The van der Waals surface area contributed by atoms with E-state index in [1.165, 1.54) is 12.1 Å². The summed E-state index contributed by atoms with van der Waals surface area (Å²) in [5.74, 6) is -0.341. The maximum absolute atomic E-state index is 13.1. The highest BCUT2D eigenvalue weighted by molar-refractivity contribution is 5.79. The number of hydrogen-bond donors (Lipinski definition) is 1. The molecule has 0 radical (unpaired) electrons. The number of aryl methyl sites for hydroxylation is 1. The minimum Gasteiger partial charge on any atom is -0.392 e. The molecule has 1 N–H and O–H groups in total. The van der Waals surface area contributed by atoms with Crippen molar-refractivity contribution in [2.24, 2.45) is 0 Å². The summed E-state index contributed by atoms with van der Waals surface area (Å²) < 4.78 is 14.9. The molecule has 0 aliphatic rings. The first kappa shape index (κ1) is 19.1. The van der Waals surface area contributed by atoms with Crippen LogP contribution < -0.4 is 0 Å². The molecule has 0 aliphatic carbocycles. The van der Waals surface area contributed by atoms with Crippen LogP contribution in [-0.4, -0.2) is 44.4 Å². The Morgan fingerprint density at radius 2 is 1.84 bits per heavy atom. The number of aliphatic hydroxyl groups is 1. The second-order valence-corrected chi connectivity index (χ2v) is 6.70. The number of nitrogens with zero attached hydrogens (tertiary/aromatic N) is 3. The summed E-state index contributed by atoms with van der Waals surface area (Å²) >= 11 is 0. The van der Waals surface area contributed by atoms with E-state index in [0.717, 1.165) is 22.6 Å². The first-order valence-electron chi connectivity index (χ1n) is 8.49. The number of amides is 1. The highest BCUT2D eigenvalue weighted by Crippen LogP contribution is 2.20. The summed E-state index contributed by atoms with van der Waals surface area (Å²) in [5, 5.41) is 14.1. The van der Waals surface area contributed by atoms with Crippen LogP contribution >= 0.6 is 0 Å². The van der Waals surface area contributed by atoms with E-state index in [2.05, 4.69) is 5.10 Å². The Balaban J connectivity index is 2.28. The summed E-state index contributed by atoms with van der Waals surface area (Å²) in [4.78, 5) is 14.4. The number of aromatic nitrogens is 2. The van der Waals surface area contributed by atoms with Crippen LogP contribution in [0.25, 0.3) is 5.69 Å². The molecular weight excluding hydrogens is 321 g/mol. The maximum Gasteiger partial charge on any atom is 0.227 e. The van der Waals surface area contributed by atoms with Gasteiger partial charge in [0.05, 0.1) is 23.9 Å². The van der Waals surface area contributed by atoms with Crippen LogP contribution in [0.15, 0.2) is 24.3 Å². The fourth-order valence-corrected chi connectivity index (χ4v) is 2.90. The molecule has 0 fully saturated rings. The third kappa shape index (κ3) is 4.45. The Morgan fingerprint density at radius 3 is 2.36 bits per heavy atom. The molecule has 1 heterocycles.